The van der Waals surface area contributed by atoms with Crippen LogP contribution in [-0.2, 0) is 0 Å². The lowest BCUT2D eigenvalue weighted by molar-refractivity contribution is 1.34. The minimum absolute atomic E-state index is 0.500. The molecule has 1 rings (SSSR count). The second kappa shape index (κ2) is 10.2. The fourth-order valence-corrected chi connectivity index (χ4v) is 0.663. The second-order valence-corrected chi connectivity index (χ2v) is 3.34. The van der Waals surface area contributed by atoms with Crippen LogP contribution >= 0.6 is 12.2 Å². The maximum absolute atomic E-state index is 4.84. The Balaban J connectivity index is 0. The van der Waals surface area contributed by atoms with E-state index in [1.807, 2.05) is 13.8 Å². The van der Waals surface area contributed by atoms with Crippen LogP contribution in [-0.4, -0.2) is 4.99 Å². The van der Waals surface area contributed by atoms with Crippen molar-refractivity contribution < 1.29 is 0 Å². The van der Waals surface area contributed by atoms with E-state index in [2.05, 4.69) is 50.3 Å². The Hall–Kier alpha value is -0.890. The molecule has 14 heavy (non-hydrogen) atoms. The number of hydrogen-bond donors (Lipinski definition) is 1. The summed E-state index contributed by atoms with van der Waals surface area (Å²) in [4.78, 5) is 0.500. The third-order valence-corrected chi connectivity index (χ3v) is 1.43. The predicted octanol–water partition coefficient (Wildman–Crippen LogP) is 3.62. The highest BCUT2D eigenvalue weighted by Gasteiger charge is 1.83. The van der Waals surface area contributed by atoms with E-state index in [9.17, 15) is 0 Å². The lowest BCUT2D eigenvalue weighted by atomic mass is 10.1. The van der Waals surface area contributed by atoms with Crippen molar-refractivity contribution in [1.82, 2.24) is 0 Å². The number of aryl methyl sites for hydroxylation is 2. The molecule has 0 saturated carbocycles. The number of rotatable bonds is 0. The van der Waals surface area contributed by atoms with Crippen LogP contribution in [0.25, 0.3) is 0 Å². The van der Waals surface area contributed by atoms with Crippen molar-refractivity contribution in [2.24, 2.45) is 5.73 Å². The topological polar surface area (TPSA) is 26.0 Å². The van der Waals surface area contributed by atoms with Gasteiger partial charge in [-0.1, -0.05) is 50.3 Å². The molecule has 2 N–H and O–H groups in total. The monoisotopic (exact) mass is 211 g/mol. The molecule has 0 unspecified atom stereocenters. The highest BCUT2D eigenvalue weighted by Crippen LogP contribution is 2.02. The summed E-state index contributed by atoms with van der Waals surface area (Å²) in [6.07, 6.45) is 0. The van der Waals surface area contributed by atoms with E-state index >= 15 is 0 Å². The molecular weight excluding hydrogens is 190 g/mol. The molecule has 0 atom stereocenters. The summed E-state index contributed by atoms with van der Waals surface area (Å²) in [6.45, 7) is 9.92. The molecule has 0 aliphatic rings. The van der Waals surface area contributed by atoms with Crippen molar-refractivity contribution in [1.29, 1.82) is 0 Å². The van der Waals surface area contributed by atoms with E-state index in [-0.39, 0.29) is 0 Å². The van der Waals surface area contributed by atoms with Crippen molar-refractivity contribution in [3.63, 3.8) is 0 Å². The highest BCUT2D eigenvalue weighted by molar-refractivity contribution is 7.80. The molecule has 0 amide bonds. The fourth-order valence-electron chi connectivity index (χ4n) is 0.663. The number of nitrogens with two attached hydrogens (primary N) is 1. The normalized spacial score (nSPS) is 7.50. The molecule has 0 bridgehead atoms. The summed E-state index contributed by atoms with van der Waals surface area (Å²) < 4.78 is 0. The zero-order valence-corrected chi connectivity index (χ0v) is 10.6. The zero-order valence-electron chi connectivity index (χ0n) is 9.79. The van der Waals surface area contributed by atoms with E-state index < -0.39 is 0 Å². The van der Waals surface area contributed by atoms with Gasteiger partial charge in [-0.25, -0.2) is 0 Å². The van der Waals surface area contributed by atoms with Gasteiger partial charge in [0.2, 0.25) is 0 Å². The molecular formula is C12H21NS. The first-order valence-electron chi connectivity index (χ1n) is 4.82. The van der Waals surface area contributed by atoms with Crippen LogP contribution < -0.4 is 5.73 Å². The van der Waals surface area contributed by atoms with Gasteiger partial charge in [-0.3, -0.25) is 0 Å². The van der Waals surface area contributed by atoms with E-state index in [1.165, 1.54) is 11.1 Å². The maximum Gasteiger partial charge on any atom is 0.0695 e. The number of thiocarbonyl (C=S) groups is 1. The summed E-state index contributed by atoms with van der Waals surface area (Å²) in [5.74, 6) is 0. The molecule has 1 aromatic carbocycles. The summed E-state index contributed by atoms with van der Waals surface area (Å²) in [6, 6.07) is 8.36. The minimum Gasteiger partial charge on any atom is -0.394 e. The van der Waals surface area contributed by atoms with Crippen LogP contribution in [0.2, 0.25) is 0 Å². The van der Waals surface area contributed by atoms with Crippen LogP contribution in [0.5, 0.6) is 0 Å². The molecule has 0 spiro atoms. The average molecular weight is 211 g/mol. The van der Waals surface area contributed by atoms with Crippen molar-refractivity contribution in [3.8, 4) is 0 Å². The molecule has 1 aromatic rings. The molecule has 80 valence electrons. The lowest BCUT2D eigenvalue weighted by Crippen LogP contribution is -1.98. The molecule has 0 aliphatic heterocycles. The number of hydrogen-bond acceptors (Lipinski definition) is 1. The van der Waals surface area contributed by atoms with Gasteiger partial charge in [0.25, 0.3) is 0 Å². The quantitative estimate of drug-likeness (QED) is 0.663. The standard InChI is InChI=1S/C8H10.C2H5NS.C2H6/c1-7-5-3-4-6-8(7)2;1-2(3)4;1-2/h3-6H,1-2H3;1H3,(H2,3,4);1-2H3. The van der Waals surface area contributed by atoms with Crippen molar-refractivity contribution in [3.05, 3.63) is 35.4 Å². The van der Waals surface area contributed by atoms with Crippen LogP contribution in [0.4, 0.5) is 0 Å². The third-order valence-electron chi connectivity index (χ3n) is 1.43. The average Bonchev–Trinajstić information content (AvgIpc) is 2.13. The summed E-state index contributed by atoms with van der Waals surface area (Å²) in [5, 5.41) is 0. The first-order chi connectivity index (χ1) is 6.54. The molecule has 0 fully saturated rings. The summed E-state index contributed by atoms with van der Waals surface area (Å²) in [7, 11) is 0. The first-order valence-corrected chi connectivity index (χ1v) is 5.23. The fraction of sp³-hybridized carbons (Fsp3) is 0.417. The third kappa shape index (κ3) is 11.1. The molecule has 0 radical (unpaired) electrons. The summed E-state index contributed by atoms with van der Waals surface area (Å²) >= 11 is 4.31. The summed E-state index contributed by atoms with van der Waals surface area (Å²) in [5.41, 5.74) is 7.58. The van der Waals surface area contributed by atoms with Gasteiger partial charge in [-0.2, -0.15) is 0 Å². The van der Waals surface area contributed by atoms with Gasteiger partial charge in [0.1, 0.15) is 0 Å². The molecule has 1 nitrogen and oxygen atoms in total. The Morgan fingerprint density at radius 3 is 1.43 bits per heavy atom. The van der Waals surface area contributed by atoms with Gasteiger partial charge >= 0.3 is 0 Å². The van der Waals surface area contributed by atoms with Gasteiger partial charge in [0.05, 0.1) is 4.99 Å². The van der Waals surface area contributed by atoms with Crippen molar-refractivity contribution in [2.75, 3.05) is 0 Å². The maximum atomic E-state index is 4.84. The van der Waals surface area contributed by atoms with Gasteiger partial charge in [0, 0.05) is 0 Å². The van der Waals surface area contributed by atoms with Crippen LogP contribution in [0.1, 0.15) is 31.9 Å². The Morgan fingerprint density at radius 2 is 1.29 bits per heavy atom. The second-order valence-electron chi connectivity index (χ2n) is 2.69. The Kier molecular flexibility index (Phi) is 11.3. The van der Waals surface area contributed by atoms with Crippen LogP contribution in [0.3, 0.4) is 0 Å². The smallest absolute Gasteiger partial charge is 0.0695 e. The molecule has 0 saturated heterocycles. The van der Waals surface area contributed by atoms with E-state index in [0.717, 1.165) is 0 Å². The van der Waals surface area contributed by atoms with Crippen LogP contribution in [0, 0.1) is 13.8 Å². The highest BCUT2D eigenvalue weighted by atomic mass is 32.1. The Morgan fingerprint density at radius 1 is 1.07 bits per heavy atom. The zero-order chi connectivity index (χ0) is 11.6. The van der Waals surface area contributed by atoms with Gasteiger partial charge in [-0.15, -0.1) is 0 Å². The van der Waals surface area contributed by atoms with E-state index in [1.54, 1.807) is 6.92 Å². The van der Waals surface area contributed by atoms with E-state index in [4.69, 9.17) is 5.73 Å². The molecule has 0 heterocycles. The first kappa shape index (κ1) is 15.6. The van der Waals surface area contributed by atoms with Crippen LogP contribution in [0.15, 0.2) is 24.3 Å². The largest absolute Gasteiger partial charge is 0.394 e. The van der Waals surface area contributed by atoms with Crippen molar-refractivity contribution >= 4 is 17.2 Å². The van der Waals surface area contributed by atoms with Gasteiger partial charge in [0.15, 0.2) is 0 Å². The predicted molar refractivity (Wildman–Crippen MR) is 69.7 cm³/mol. The van der Waals surface area contributed by atoms with E-state index in [0.29, 0.717) is 4.99 Å². The Labute approximate surface area is 93.3 Å². The SMILES string of the molecule is CC.CC(N)=S.Cc1ccccc1C. The Bertz CT molecular complexity index is 231. The molecule has 0 aromatic heterocycles. The lowest BCUT2D eigenvalue weighted by Gasteiger charge is -1.93. The number of benzene rings is 1. The van der Waals surface area contributed by atoms with Crippen molar-refractivity contribution in [2.45, 2.75) is 34.6 Å². The van der Waals surface area contributed by atoms with Gasteiger partial charge < -0.3 is 5.73 Å². The molecule has 0 aliphatic carbocycles. The van der Waals surface area contributed by atoms with Gasteiger partial charge in [-0.05, 0) is 31.9 Å². The molecule has 2 heteroatoms. The minimum atomic E-state index is 0.500.